The van der Waals surface area contributed by atoms with Crippen molar-refractivity contribution in [3.8, 4) is 0 Å². The van der Waals surface area contributed by atoms with Crippen molar-refractivity contribution in [1.82, 2.24) is 5.06 Å². The molecule has 0 aliphatic carbocycles. The highest BCUT2D eigenvalue weighted by Gasteiger charge is 2.52. The average Bonchev–Trinajstić information content (AvgIpc) is 2.77. The van der Waals surface area contributed by atoms with E-state index in [1.807, 2.05) is 11.1 Å². The van der Waals surface area contributed by atoms with Crippen LogP contribution in [0.15, 0.2) is 30.3 Å². The van der Waals surface area contributed by atoms with E-state index in [0.717, 1.165) is 32.1 Å². The van der Waals surface area contributed by atoms with Crippen LogP contribution >= 0.6 is 0 Å². The zero-order valence-electron chi connectivity index (χ0n) is 14.5. The fourth-order valence-electron chi connectivity index (χ4n) is 3.46. The fraction of sp³-hybridized carbons (Fsp3) is 0.684. The van der Waals surface area contributed by atoms with E-state index >= 15 is 0 Å². The van der Waals surface area contributed by atoms with Gasteiger partial charge in [-0.05, 0) is 52.0 Å². The number of aryl methyl sites for hydroxylation is 1. The van der Waals surface area contributed by atoms with E-state index < -0.39 is 5.72 Å². The van der Waals surface area contributed by atoms with Crippen molar-refractivity contribution in [3.05, 3.63) is 35.9 Å². The molecule has 1 fully saturated rings. The lowest BCUT2D eigenvalue weighted by Gasteiger charge is -2.34. The maximum Gasteiger partial charge on any atom is 0.143 e. The molecule has 1 aliphatic rings. The van der Waals surface area contributed by atoms with Crippen LogP contribution in [0.2, 0.25) is 0 Å². The average molecular weight is 305 g/mol. The minimum Gasteiger partial charge on any atom is -0.373 e. The predicted octanol–water partition coefficient (Wildman–Crippen LogP) is 4.30. The van der Waals surface area contributed by atoms with E-state index in [1.54, 1.807) is 0 Å². The van der Waals surface area contributed by atoms with Crippen LogP contribution in [0.5, 0.6) is 0 Å². The molecule has 2 atom stereocenters. The van der Waals surface area contributed by atoms with Gasteiger partial charge in [-0.1, -0.05) is 43.7 Å². The van der Waals surface area contributed by atoms with Crippen LogP contribution in [0.25, 0.3) is 0 Å². The topological polar surface area (TPSA) is 32.7 Å². The molecule has 124 valence electrons. The molecule has 3 heteroatoms. The Balaban J connectivity index is 2.04. The first-order valence-electron chi connectivity index (χ1n) is 8.63. The minimum atomic E-state index is -0.824. The first-order valence-corrected chi connectivity index (χ1v) is 8.63. The van der Waals surface area contributed by atoms with Crippen LogP contribution in [0.3, 0.4) is 0 Å². The summed E-state index contributed by atoms with van der Waals surface area (Å²) in [5.41, 5.74) is 0.213. The Morgan fingerprint density at radius 2 is 1.91 bits per heavy atom. The highest BCUT2D eigenvalue weighted by molar-refractivity contribution is 5.15. The summed E-state index contributed by atoms with van der Waals surface area (Å²) < 4.78 is 0. The Morgan fingerprint density at radius 3 is 2.50 bits per heavy atom. The first-order chi connectivity index (χ1) is 10.4. The summed E-state index contributed by atoms with van der Waals surface area (Å²) in [7, 11) is 0. The van der Waals surface area contributed by atoms with Gasteiger partial charge in [0.25, 0.3) is 0 Å². The van der Waals surface area contributed by atoms with E-state index in [2.05, 4.69) is 52.0 Å². The maximum absolute atomic E-state index is 11.1. The summed E-state index contributed by atoms with van der Waals surface area (Å²) in [5, 5.41) is 12.9. The van der Waals surface area contributed by atoms with Gasteiger partial charge in [0.2, 0.25) is 0 Å². The quantitative estimate of drug-likeness (QED) is 0.815. The lowest BCUT2D eigenvalue weighted by atomic mass is 9.87. The van der Waals surface area contributed by atoms with Gasteiger partial charge in [0.1, 0.15) is 5.72 Å². The number of hydroxylamine groups is 2. The molecule has 0 bridgehead atoms. The molecule has 1 heterocycles. The number of unbranched alkanes of at least 4 members (excludes halogenated alkanes) is 1. The molecule has 22 heavy (non-hydrogen) atoms. The molecule has 1 N–H and O–H groups in total. The van der Waals surface area contributed by atoms with Crippen molar-refractivity contribution in [1.29, 1.82) is 0 Å². The number of rotatable bonds is 7. The summed E-state index contributed by atoms with van der Waals surface area (Å²) in [6.45, 7) is 8.46. The number of benzene rings is 1. The summed E-state index contributed by atoms with van der Waals surface area (Å²) in [5.74, 6) is 0. The Hall–Kier alpha value is -0.900. The van der Waals surface area contributed by atoms with Gasteiger partial charge >= 0.3 is 0 Å². The molecule has 2 rings (SSSR count). The van der Waals surface area contributed by atoms with E-state index in [0.29, 0.717) is 6.42 Å². The van der Waals surface area contributed by atoms with Gasteiger partial charge in [-0.15, -0.1) is 0 Å². The summed E-state index contributed by atoms with van der Waals surface area (Å²) >= 11 is 0. The largest absolute Gasteiger partial charge is 0.373 e. The minimum absolute atomic E-state index is 0.181. The molecule has 3 nitrogen and oxygen atoms in total. The molecule has 0 saturated carbocycles. The SMILES string of the molecule is CCCCC1(O)CC(C)(CCc2ccccc2)ON1C(C)C. The van der Waals surface area contributed by atoms with Crippen LogP contribution in [-0.4, -0.2) is 27.5 Å². The van der Waals surface area contributed by atoms with Gasteiger partial charge < -0.3 is 5.11 Å². The zero-order chi connectivity index (χ0) is 16.2. The van der Waals surface area contributed by atoms with Gasteiger partial charge in [0.15, 0.2) is 0 Å². The summed E-state index contributed by atoms with van der Waals surface area (Å²) in [4.78, 5) is 6.23. The van der Waals surface area contributed by atoms with Gasteiger partial charge in [-0.25, -0.2) is 0 Å². The molecule has 1 aromatic carbocycles. The number of aliphatic hydroxyl groups is 1. The van der Waals surface area contributed by atoms with Gasteiger partial charge in [-0.2, -0.15) is 5.06 Å². The van der Waals surface area contributed by atoms with Crippen molar-refractivity contribution in [2.24, 2.45) is 0 Å². The second kappa shape index (κ2) is 7.12. The van der Waals surface area contributed by atoms with Crippen LogP contribution < -0.4 is 0 Å². The molecular weight excluding hydrogens is 274 g/mol. The Morgan fingerprint density at radius 1 is 1.23 bits per heavy atom. The third kappa shape index (κ3) is 4.09. The highest BCUT2D eigenvalue weighted by Crippen LogP contribution is 2.43. The van der Waals surface area contributed by atoms with Crippen molar-refractivity contribution in [3.63, 3.8) is 0 Å². The zero-order valence-corrected chi connectivity index (χ0v) is 14.5. The van der Waals surface area contributed by atoms with Gasteiger partial charge in [0.05, 0.1) is 5.60 Å². The van der Waals surface area contributed by atoms with Crippen LogP contribution in [-0.2, 0) is 11.3 Å². The van der Waals surface area contributed by atoms with E-state index in [-0.39, 0.29) is 11.6 Å². The van der Waals surface area contributed by atoms with Crippen molar-refractivity contribution in [2.75, 3.05) is 0 Å². The lowest BCUT2D eigenvalue weighted by Crippen LogP contribution is -2.46. The second-order valence-corrected chi connectivity index (χ2v) is 7.21. The van der Waals surface area contributed by atoms with Gasteiger partial charge in [-0.3, -0.25) is 4.84 Å². The molecule has 1 aromatic rings. The Bertz CT molecular complexity index is 462. The van der Waals surface area contributed by atoms with E-state index in [1.165, 1.54) is 5.56 Å². The van der Waals surface area contributed by atoms with Crippen LogP contribution in [0.1, 0.15) is 65.4 Å². The van der Waals surface area contributed by atoms with Crippen molar-refractivity contribution < 1.29 is 9.94 Å². The molecule has 0 amide bonds. The number of hydrogen-bond donors (Lipinski definition) is 1. The van der Waals surface area contributed by atoms with E-state index in [4.69, 9.17) is 4.84 Å². The van der Waals surface area contributed by atoms with Crippen LogP contribution in [0, 0.1) is 0 Å². The van der Waals surface area contributed by atoms with Crippen molar-refractivity contribution >= 4 is 0 Å². The maximum atomic E-state index is 11.1. The Kier molecular flexibility index (Phi) is 5.65. The molecule has 0 radical (unpaired) electrons. The van der Waals surface area contributed by atoms with E-state index in [9.17, 15) is 5.11 Å². The first kappa shape index (κ1) is 17.5. The molecular formula is C19H31NO2. The Labute approximate surface area is 135 Å². The molecule has 0 aromatic heterocycles. The molecule has 0 spiro atoms. The molecule has 2 unspecified atom stereocenters. The van der Waals surface area contributed by atoms with Gasteiger partial charge in [0, 0.05) is 12.5 Å². The van der Waals surface area contributed by atoms with Crippen molar-refractivity contribution in [2.45, 2.75) is 83.6 Å². The smallest absolute Gasteiger partial charge is 0.143 e. The number of hydrogen-bond acceptors (Lipinski definition) is 3. The fourth-order valence-corrected chi connectivity index (χ4v) is 3.46. The third-order valence-electron chi connectivity index (χ3n) is 4.57. The molecule has 1 aliphatic heterocycles. The second-order valence-electron chi connectivity index (χ2n) is 7.21. The number of nitrogens with zero attached hydrogens (tertiary/aromatic N) is 1. The lowest BCUT2D eigenvalue weighted by molar-refractivity contribution is -0.282. The van der Waals surface area contributed by atoms with Crippen LogP contribution in [0.4, 0.5) is 0 Å². The third-order valence-corrected chi connectivity index (χ3v) is 4.57. The summed E-state index contributed by atoms with van der Waals surface area (Å²) in [6.07, 6.45) is 5.49. The highest BCUT2D eigenvalue weighted by atomic mass is 16.7. The monoisotopic (exact) mass is 305 g/mol. The molecule has 1 saturated heterocycles. The standard InChI is InChI=1S/C19H31NO2/c1-5-6-13-19(21)15-18(4,22-20(19)16(2)3)14-12-17-10-8-7-9-11-17/h7-11,16,21H,5-6,12-15H2,1-4H3. The predicted molar refractivity (Wildman–Crippen MR) is 90.3 cm³/mol. The summed E-state index contributed by atoms with van der Waals surface area (Å²) in [6, 6.07) is 10.7. The normalized spacial score (nSPS) is 29.4.